The van der Waals surface area contributed by atoms with Crippen molar-refractivity contribution in [2.24, 2.45) is 98.0 Å². The van der Waals surface area contributed by atoms with Gasteiger partial charge in [0.15, 0.2) is 5.96 Å². The van der Waals surface area contributed by atoms with Crippen LogP contribution in [0.15, 0.2) is 35.5 Å². The summed E-state index contributed by atoms with van der Waals surface area (Å²) in [4.78, 5) is 222. The van der Waals surface area contributed by atoms with Crippen molar-refractivity contribution in [3.05, 3.63) is 36.0 Å². The number of unbranched alkanes of at least 4 members (excludes halogenated alkanes) is 5. The molecule has 1 aromatic carbocycles. The Bertz CT molecular complexity index is 3850. The van der Waals surface area contributed by atoms with E-state index in [1.54, 1.807) is 61.6 Å². The minimum Gasteiger partial charge on any atom is -0.370 e. The Hall–Kier alpha value is -10.2. The highest BCUT2D eigenvalue weighted by molar-refractivity contribution is 6.01. The molecule has 0 fully saturated rings. The fraction of sp³-hybridized carbons (Fsp3) is 0.730. The van der Waals surface area contributed by atoms with Gasteiger partial charge in [-0.3, -0.25) is 76.9 Å². The van der Waals surface area contributed by atoms with Crippen LogP contribution in [0.1, 0.15) is 244 Å². The van der Waals surface area contributed by atoms with Gasteiger partial charge in [0, 0.05) is 30.1 Å². The molecule has 0 unspecified atom stereocenters. The minimum absolute atomic E-state index is 0.00723. The van der Waals surface area contributed by atoms with Gasteiger partial charge >= 0.3 is 0 Å². The molecule has 40 nitrogen and oxygen atoms in total. The summed E-state index contributed by atoms with van der Waals surface area (Å²) < 4.78 is 0. The zero-order valence-corrected chi connectivity index (χ0v) is 79.0. The first-order valence-electron chi connectivity index (χ1n) is 46.3. The summed E-state index contributed by atoms with van der Waals surface area (Å²) in [6, 6.07) is -9.98. The molecule has 15 amide bonds. The first kappa shape index (κ1) is 115. The Labute approximate surface area is 762 Å². The SMILES string of the molecule is CC[C@H](C)[C@H](NC(=O)[C@H](CCCCN)NC(=O)[C@H](CCCCN)NC(=O)CNC(=O)[C@H](CC(C)C)NC(=O)[C@H](CCCCN)NC(=O)[C@H](Cc1c[nH]c2ccccc12)NC(=O)[C@@H](N)CCCCN)C(=O)N[C@@H](CC(C)C)C(=O)N[C@@H](CCCN=C(N)N)C(=O)N[C@H](C(=O)N[C@@H](CC(C)C)C(=O)N[C@@H](CCCCN)C(=O)N[C@H](C(=O)N[C@@H](CC(C)C)C(N)=O)C(C)C)C(C)C. The number of aliphatic imine (C=N–C) groups is 1. The standard InChI is InChI=1S/C89H161N25O15/c1-15-56(14)74(88(129)111-69(46-53(8)9)84(125)106-65(36-28-42-99-89(97)98)81(122)113-73(55(12)13)87(128)110-68(45-52(6)7)83(124)105-63(34-21-26-40-93)80(121)112-72(54(10)11)86(127)107-66(75(96)116)43-50(2)3)114-82(123)64(35-22-27-41-94)103-78(119)61(32-19-24-38-91)102-71(115)49-101-77(118)67(44-51(4)5)109-79(120)62(33-20-25-39-92)104-85(126)70(108-76(117)59(95)30-18-23-37-90)47-57-48-100-60-31-17-16-29-58(57)60/h16-17,29,31,48,50-56,59,61-70,72-74,100H,15,18-28,30,32-47,49,90-95H2,1-14H3,(H2,96,116)(H,101,118)(H,102,115)(H,103,119)(H,104,126)(H,105,124)(H,106,125)(H,107,127)(H,108,117)(H,109,120)(H,110,128)(H,111,129)(H,112,121)(H,113,122)(H,114,123)(H4,97,98,99)/t56-,59-,61-,62-,63-,64-,65-,66-,67-,68-,69-,70-,72-,73-,74-/m0/s1. The molecular formula is C89H161N25O15. The molecule has 2 aromatic rings. The number of hydrogen-bond acceptors (Lipinski definition) is 22. The lowest BCUT2D eigenvalue weighted by molar-refractivity contribution is -0.137. The number of carbonyl (C=O) groups is 15. The molecule has 129 heavy (non-hydrogen) atoms. The molecule has 732 valence electrons. The smallest absolute Gasteiger partial charge is 0.243 e. The first-order valence-corrected chi connectivity index (χ1v) is 46.3. The third-order valence-electron chi connectivity index (χ3n) is 22.1. The Morgan fingerprint density at radius 1 is 0.349 bits per heavy atom. The largest absolute Gasteiger partial charge is 0.370 e. The molecule has 1 heterocycles. The maximum Gasteiger partial charge on any atom is 0.243 e. The monoisotopic (exact) mass is 1820 g/mol. The number of amides is 15. The zero-order chi connectivity index (χ0) is 97.2. The Kier molecular flexibility index (Phi) is 55.4. The number of nitrogens with zero attached hydrogens (tertiary/aromatic N) is 1. The topological polar surface area (TPSA) is 687 Å². The van der Waals surface area contributed by atoms with Crippen molar-refractivity contribution in [3.63, 3.8) is 0 Å². The summed E-state index contributed by atoms with van der Waals surface area (Å²) in [5.74, 6) is -13.9. The van der Waals surface area contributed by atoms with Gasteiger partial charge in [-0.15, -0.1) is 0 Å². The minimum atomic E-state index is -1.41. The molecule has 0 aliphatic carbocycles. The second-order valence-electron chi connectivity index (χ2n) is 36.2. The first-order chi connectivity index (χ1) is 61.0. The third kappa shape index (κ3) is 44.3. The van der Waals surface area contributed by atoms with Crippen LogP contribution in [-0.2, 0) is 78.3 Å². The molecular weight excluding hydrogens is 1660 g/mol. The molecule has 33 N–H and O–H groups in total. The van der Waals surface area contributed by atoms with E-state index in [4.69, 9.17) is 51.6 Å². The van der Waals surface area contributed by atoms with Crippen molar-refractivity contribution < 1.29 is 71.9 Å². The average molecular weight is 1820 g/mol. The van der Waals surface area contributed by atoms with Crippen LogP contribution >= 0.6 is 0 Å². The van der Waals surface area contributed by atoms with E-state index in [-0.39, 0.29) is 133 Å². The number of guanidine groups is 1. The van der Waals surface area contributed by atoms with Gasteiger partial charge in [0.05, 0.1) is 12.6 Å². The molecule has 0 saturated heterocycles. The van der Waals surface area contributed by atoms with Gasteiger partial charge in [-0.05, 0) is 214 Å². The number of carbonyl (C=O) groups excluding carboxylic acids is 15. The lowest BCUT2D eigenvalue weighted by Crippen LogP contribution is -2.62. The van der Waals surface area contributed by atoms with Crippen LogP contribution in [0.2, 0.25) is 0 Å². The van der Waals surface area contributed by atoms with E-state index in [1.165, 1.54) is 0 Å². The quantitative estimate of drug-likeness (QED) is 0.0219. The number of aromatic nitrogens is 1. The van der Waals surface area contributed by atoms with Crippen molar-refractivity contribution in [1.29, 1.82) is 0 Å². The Morgan fingerprint density at radius 2 is 0.667 bits per heavy atom. The molecule has 0 bridgehead atoms. The number of para-hydroxylation sites is 1. The normalized spacial score (nSPS) is 15.0. The number of benzene rings is 1. The number of fused-ring (bicyclic) bond motifs is 1. The van der Waals surface area contributed by atoms with Gasteiger partial charge in [-0.1, -0.05) is 128 Å². The van der Waals surface area contributed by atoms with Crippen molar-refractivity contribution in [3.8, 4) is 0 Å². The summed E-state index contributed by atoms with van der Waals surface area (Å²) in [6.07, 6.45) is 7.47. The van der Waals surface area contributed by atoms with Crippen LogP contribution in [-0.4, -0.2) is 230 Å². The van der Waals surface area contributed by atoms with Crippen LogP contribution in [0.3, 0.4) is 0 Å². The second kappa shape index (κ2) is 62.2. The Morgan fingerprint density at radius 3 is 1.05 bits per heavy atom. The van der Waals surface area contributed by atoms with Crippen LogP contribution in [0, 0.1) is 41.4 Å². The van der Waals surface area contributed by atoms with E-state index in [1.807, 2.05) is 65.8 Å². The molecule has 0 aliphatic rings. The van der Waals surface area contributed by atoms with Crippen LogP contribution < -0.4 is 126 Å². The highest BCUT2D eigenvalue weighted by Gasteiger charge is 2.40. The Balaban J connectivity index is 2.52. The predicted molar refractivity (Wildman–Crippen MR) is 499 cm³/mol. The van der Waals surface area contributed by atoms with Crippen molar-refractivity contribution >= 4 is 105 Å². The number of primary amides is 1. The highest BCUT2D eigenvalue weighted by atomic mass is 16.2. The molecule has 0 spiro atoms. The van der Waals surface area contributed by atoms with Crippen molar-refractivity contribution in [1.82, 2.24) is 79.4 Å². The number of H-pyrrole nitrogens is 1. The van der Waals surface area contributed by atoms with E-state index in [0.717, 1.165) is 10.9 Å². The van der Waals surface area contributed by atoms with Gasteiger partial charge in [-0.2, -0.15) is 0 Å². The zero-order valence-electron chi connectivity index (χ0n) is 79.0. The molecule has 2 rings (SSSR count). The lowest BCUT2D eigenvalue weighted by atomic mass is 9.95. The fourth-order valence-electron chi connectivity index (χ4n) is 14.5. The molecule has 0 radical (unpaired) electrons. The van der Waals surface area contributed by atoms with Crippen molar-refractivity contribution in [2.75, 3.05) is 45.8 Å². The van der Waals surface area contributed by atoms with Crippen LogP contribution in [0.4, 0.5) is 0 Å². The highest BCUT2D eigenvalue weighted by Crippen LogP contribution is 2.22. The molecule has 1 aromatic heterocycles. The fourth-order valence-corrected chi connectivity index (χ4v) is 14.5. The van der Waals surface area contributed by atoms with Gasteiger partial charge < -0.3 is 131 Å². The molecule has 40 heteroatoms. The molecule has 15 atom stereocenters. The van der Waals surface area contributed by atoms with Gasteiger partial charge in [0.1, 0.15) is 78.5 Å². The third-order valence-corrected chi connectivity index (χ3v) is 22.1. The molecule has 0 saturated carbocycles. The van der Waals surface area contributed by atoms with Crippen LogP contribution in [0.25, 0.3) is 10.9 Å². The average Bonchev–Trinajstić information content (AvgIpc) is 1.67. The molecule has 0 aliphatic heterocycles. The number of nitrogens with one attached hydrogen (secondary N) is 15. The number of rotatable bonds is 67. The van der Waals surface area contributed by atoms with Gasteiger partial charge in [0.2, 0.25) is 88.6 Å². The summed E-state index contributed by atoms with van der Waals surface area (Å²) in [5, 5.41) is 39.4. The van der Waals surface area contributed by atoms with E-state index in [2.05, 4.69) is 84.4 Å². The number of aromatic amines is 1. The van der Waals surface area contributed by atoms with E-state index in [9.17, 15) is 71.9 Å². The van der Waals surface area contributed by atoms with E-state index < -0.39 is 197 Å². The van der Waals surface area contributed by atoms with Crippen LogP contribution in [0.5, 0.6) is 0 Å². The maximum atomic E-state index is 14.9. The maximum absolute atomic E-state index is 14.9. The summed E-state index contributed by atoms with van der Waals surface area (Å²) >= 11 is 0. The number of nitrogens with two attached hydrogens (primary N) is 9. The van der Waals surface area contributed by atoms with Crippen molar-refractivity contribution in [2.45, 2.75) is 329 Å². The van der Waals surface area contributed by atoms with E-state index >= 15 is 0 Å². The number of hydrogen-bond donors (Lipinski definition) is 24. The van der Waals surface area contributed by atoms with Gasteiger partial charge in [0.25, 0.3) is 0 Å². The summed E-state index contributed by atoms with van der Waals surface area (Å²) in [7, 11) is 0. The van der Waals surface area contributed by atoms with Gasteiger partial charge in [-0.25, -0.2) is 0 Å². The second-order valence-corrected chi connectivity index (χ2v) is 36.2. The predicted octanol–water partition coefficient (Wildman–Crippen LogP) is -0.817. The van der Waals surface area contributed by atoms with E-state index in [0.29, 0.717) is 89.2 Å². The summed E-state index contributed by atoms with van der Waals surface area (Å²) in [5.41, 5.74) is 54.0. The summed E-state index contributed by atoms with van der Waals surface area (Å²) in [6.45, 7) is 25.5. The lowest BCUT2D eigenvalue weighted by Gasteiger charge is -2.31.